The van der Waals surface area contributed by atoms with E-state index in [0.717, 1.165) is 23.3 Å². The van der Waals surface area contributed by atoms with Gasteiger partial charge in [-0.2, -0.15) is 0 Å². The predicted molar refractivity (Wildman–Crippen MR) is 120 cm³/mol. The molecule has 0 aromatic heterocycles. The van der Waals surface area contributed by atoms with Crippen molar-refractivity contribution in [2.75, 3.05) is 20.6 Å². The van der Waals surface area contributed by atoms with Gasteiger partial charge in [0, 0.05) is 19.8 Å². The summed E-state index contributed by atoms with van der Waals surface area (Å²) in [6.45, 7) is 0.639. The Labute approximate surface area is 185 Å². The van der Waals surface area contributed by atoms with Gasteiger partial charge in [0.25, 0.3) is 17.8 Å². The zero-order valence-corrected chi connectivity index (χ0v) is 18.3. The van der Waals surface area contributed by atoms with E-state index in [-0.39, 0.29) is 17.8 Å². The number of carbonyl (C=O) groups is 2. The van der Waals surface area contributed by atoms with Gasteiger partial charge in [-0.15, -0.1) is 0 Å². The molecule has 2 aliphatic heterocycles. The van der Waals surface area contributed by atoms with Gasteiger partial charge in [-0.1, -0.05) is 42.5 Å². The van der Waals surface area contributed by atoms with Gasteiger partial charge in [0.15, 0.2) is 0 Å². The highest BCUT2D eigenvalue weighted by molar-refractivity contribution is 8.13. The summed E-state index contributed by atoms with van der Waals surface area (Å²) in [6.07, 6.45) is 1.73. The van der Waals surface area contributed by atoms with Crippen molar-refractivity contribution >= 4 is 34.7 Å². The maximum absolute atomic E-state index is 13.2. The van der Waals surface area contributed by atoms with Crippen molar-refractivity contribution in [1.29, 1.82) is 0 Å². The van der Waals surface area contributed by atoms with Crippen molar-refractivity contribution in [3.05, 3.63) is 71.5 Å². The Hall–Kier alpha value is -3.00. The summed E-state index contributed by atoms with van der Waals surface area (Å²) in [5.74, 6) is 0.522. The van der Waals surface area contributed by atoms with Gasteiger partial charge in [0.2, 0.25) is 0 Å². The Kier molecular flexibility index (Phi) is 6.18. The summed E-state index contributed by atoms with van der Waals surface area (Å²) >= 11 is 1.49. The maximum atomic E-state index is 13.2. The fourth-order valence-corrected chi connectivity index (χ4v) is 4.75. The number of likely N-dealkylation sites (N-methyl/N-ethyl adjacent to an activating group) is 2. The monoisotopic (exact) mass is 439 g/mol. The minimum absolute atomic E-state index is 0.265. The van der Waals surface area contributed by atoms with Gasteiger partial charge in [-0.05, 0) is 52.9 Å². The number of fused-ring (bicyclic) bond motifs is 1. The topological polar surface area (TPSA) is 56.0 Å². The first-order valence-corrected chi connectivity index (χ1v) is 11.1. The number of hydrogen-bond donors (Lipinski definition) is 0. The van der Waals surface area contributed by atoms with E-state index in [1.165, 1.54) is 41.4 Å². The standard InChI is InChI=1S/C23H24FN4O2S/c1-26-20-19(21(29)27(2)23(26)30)28(14-6-9-16-7-4-3-5-8-16)22(25-20)31-15-17-10-12-18(24)13-11-17/h3-5,7-8,10-13,19H,6,9,14-15H2,1-2H3/q+1. The smallest absolute Gasteiger partial charge is 0.269 e. The van der Waals surface area contributed by atoms with Crippen LogP contribution in [-0.4, -0.2) is 64.0 Å². The van der Waals surface area contributed by atoms with E-state index in [2.05, 4.69) is 17.1 Å². The van der Waals surface area contributed by atoms with Crippen LogP contribution in [0.5, 0.6) is 0 Å². The quantitative estimate of drug-likeness (QED) is 0.649. The molecule has 1 fully saturated rings. The summed E-state index contributed by atoms with van der Waals surface area (Å²) in [6, 6.07) is 15.6. The van der Waals surface area contributed by atoms with Crippen LogP contribution in [0.3, 0.4) is 0 Å². The molecular formula is C23H24FN4O2S+. The largest absolute Gasteiger partial charge is 0.358 e. The van der Waals surface area contributed by atoms with E-state index in [0.29, 0.717) is 23.3 Å². The van der Waals surface area contributed by atoms with Crippen molar-refractivity contribution in [1.82, 2.24) is 9.80 Å². The van der Waals surface area contributed by atoms with Gasteiger partial charge in [0.1, 0.15) is 5.82 Å². The molecule has 1 atom stereocenters. The first-order valence-electron chi connectivity index (χ1n) is 10.1. The number of hydrogen-bond acceptors (Lipinski definition) is 4. The van der Waals surface area contributed by atoms with E-state index in [1.54, 1.807) is 19.2 Å². The molecule has 2 heterocycles. The summed E-state index contributed by atoms with van der Waals surface area (Å²) in [5, 5.41) is 0.709. The van der Waals surface area contributed by atoms with Gasteiger partial charge in [-0.3, -0.25) is 14.6 Å². The second kappa shape index (κ2) is 9.01. The average Bonchev–Trinajstić information content (AvgIpc) is 3.15. The minimum Gasteiger partial charge on any atom is -0.269 e. The molecule has 160 valence electrons. The van der Waals surface area contributed by atoms with Crippen molar-refractivity contribution in [3.8, 4) is 0 Å². The summed E-state index contributed by atoms with van der Waals surface area (Å²) in [7, 11) is 3.15. The van der Waals surface area contributed by atoms with Gasteiger partial charge in [0.05, 0.1) is 6.54 Å². The molecule has 0 N–H and O–H groups in total. The predicted octanol–water partition coefficient (Wildman–Crippen LogP) is 3.36. The Morgan fingerprint density at radius 2 is 1.71 bits per heavy atom. The first kappa shape index (κ1) is 21.2. The molecule has 6 nitrogen and oxygen atoms in total. The molecule has 31 heavy (non-hydrogen) atoms. The Balaban J connectivity index is 1.56. The van der Waals surface area contributed by atoms with Crippen molar-refractivity contribution in [3.63, 3.8) is 0 Å². The fourth-order valence-electron chi connectivity index (χ4n) is 3.74. The number of aliphatic imine (C=N–C) groups is 1. The molecule has 0 spiro atoms. The van der Waals surface area contributed by atoms with E-state index in [1.807, 2.05) is 22.8 Å². The minimum atomic E-state index is -0.598. The van der Waals surface area contributed by atoms with Gasteiger partial charge >= 0.3 is 11.2 Å². The zero-order valence-electron chi connectivity index (χ0n) is 17.5. The lowest BCUT2D eigenvalue weighted by Crippen LogP contribution is -2.61. The summed E-state index contributed by atoms with van der Waals surface area (Å²) < 4.78 is 15.2. The molecule has 0 bridgehead atoms. The van der Waals surface area contributed by atoms with Crippen LogP contribution in [-0.2, 0) is 17.0 Å². The van der Waals surface area contributed by atoms with Crippen LogP contribution < -0.4 is 0 Å². The highest BCUT2D eigenvalue weighted by atomic mass is 32.2. The van der Waals surface area contributed by atoms with Crippen LogP contribution in [0.15, 0.2) is 59.6 Å². The molecule has 0 radical (unpaired) electrons. The zero-order chi connectivity index (χ0) is 22.0. The fraction of sp³-hybridized carbons (Fsp3) is 0.304. The normalized spacial score (nSPS) is 18.5. The van der Waals surface area contributed by atoms with Crippen LogP contribution in [0.1, 0.15) is 17.5 Å². The van der Waals surface area contributed by atoms with Crippen LogP contribution in [0.4, 0.5) is 9.18 Å². The van der Waals surface area contributed by atoms with Crippen molar-refractivity contribution < 1.29 is 18.6 Å². The Morgan fingerprint density at radius 3 is 2.42 bits per heavy atom. The molecule has 2 aromatic carbocycles. The lowest BCUT2D eigenvalue weighted by Gasteiger charge is -2.30. The van der Waals surface area contributed by atoms with Crippen LogP contribution >= 0.6 is 11.8 Å². The average molecular weight is 440 g/mol. The van der Waals surface area contributed by atoms with Crippen LogP contribution in [0.2, 0.25) is 0 Å². The number of thioether (sulfide) groups is 1. The van der Waals surface area contributed by atoms with Crippen molar-refractivity contribution in [2.24, 2.45) is 4.99 Å². The number of imide groups is 1. The highest BCUT2D eigenvalue weighted by Crippen LogP contribution is 2.25. The van der Waals surface area contributed by atoms with E-state index in [9.17, 15) is 14.0 Å². The number of amidine groups is 2. The third-order valence-electron chi connectivity index (χ3n) is 5.48. The number of carbonyl (C=O) groups excluding carboxylic acids is 2. The third-order valence-corrected chi connectivity index (χ3v) is 6.54. The van der Waals surface area contributed by atoms with Crippen LogP contribution in [0, 0.1) is 5.82 Å². The number of aryl methyl sites for hydroxylation is 1. The number of amides is 3. The Bertz CT molecular complexity index is 1050. The number of nitrogens with zero attached hydrogens (tertiary/aromatic N) is 4. The highest BCUT2D eigenvalue weighted by Gasteiger charge is 2.52. The van der Waals surface area contributed by atoms with Gasteiger partial charge in [-0.25, -0.2) is 13.8 Å². The van der Waals surface area contributed by atoms with E-state index < -0.39 is 6.04 Å². The molecule has 8 heteroatoms. The summed E-state index contributed by atoms with van der Waals surface area (Å²) in [5.41, 5.74) is 2.20. The SMILES string of the molecule is CN1C(=O)C2C(=NC(SCc3ccc(F)cc3)=[N+]2CCCc2ccccc2)N(C)C1=O. The Morgan fingerprint density at radius 1 is 1.00 bits per heavy atom. The molecule has 0 aliphatic carbocycles. The number of halogens is 1. The molecule has 1 saturated heterocycles. The number of benzene rings is 2. The second-order valence-electron chi connectivity index (χ2n) is 7.59. The lowest BCUT2D eigenvalue weighted by molar-refractivity contribution is -0.533. The van der Waals surface area contributed by atoms with Gasteiger partial charge < -0.3 is 0 Å². The molecule has 2 aliphatic rings. The lowest BCUT2D eigenvalue weighted by atomic mass is 10.1. The molecule has 3 amide bonds. The van der Waals surface area contributed by atoms with Crippen LogP contribution in [0.25, 0.3) is 0 Å². The number of urea groups is 1. The van der Waals surface area contributed by atoms with E-state index >= 15 is 0 Å². The van der Waals surface area contributed by atoms with Crippen molar-refractivity contribution in [2.45, 2.75) is 24.6 Å². The maximum Gasteiger partial charge on any atom is 0.358 e. The first-order chi connectivity index (χ1) is 15.0. The second-order valence-corrected chi connectivity index (χ2v) is 8.53. The molecular weight excluding hydrogens is 415 g/mol. The number of rotatable bonds is 6. The molecule has 0 saturated carbocycles. The molecule has 2 aromatic rings. The summed E-state index contributed by atoms with van der Waals surface area (Å²) in [4.78, 5) is 32.6. The van der Waals surface area contributed by atoms with E-state index in [4.69, 9.17) is 0 Å². The molecule has 1 unspecified atom stereocenters. The third kappa shape index (κ3) is 4.39. The molecule has 4 rings (SSSR count).